The Hall–Kier alpha value is -1.98. The Balaban J connectivity index is 1.46. The topological polar surface area (TPSA) is 23.6 Å². The largest absolute Gasteiger partial charge is 0.335 e. The van der Waals surface area contributed by atoms with Crippen molar-refractivity contribution in [2.75, 3.05) is 13.1 Å². The zero-order chi connectivity index (χ0) is 19.7. The molecular weight excluding hydrogens is 382 g/mol. The van der Waals surface area contributed by atoms with Crippen LogP contribution < -0.4 is 0 Å². The highest BCUT2D eigenvalue weighted by Gasteiger charge is 2.39. The van der Waals surface area contributed by atoms with Gasteiger partial charge in [-0.25, -0.2) is 8.78 Å². The molecule has 4 rings (SSSR count). The third-order valence-corrected chi connectivity index (χ3v) is 6.34. The third kappa shape index (κ3) is 3.91. The van der Waals surface area contributed by atoms with Crippen LogP contribution in [0.2, 0.25) is 5.02 Å². The highest BCUT2D eigenvalue weighted by Crippen LogP contribution is 2.34. The number of likely N-dealkylation sites (tertiary alicyclic amines) is 2. The number of carbonyl (C=O) groups excluding carboxylic acids is 1. The van der Waals surface area contributed by atoms with Crippen molar-refractivity contribution in [2.45, 2.75) is 38.4 Å². The number of hydrogen-bond acceptors (Lipinski definition) is 2. The molecule has 0 bridgehead atoms. The molecule has 2 aliphatic heterocycles. The van der Waals surface area contributed by atoms with Gasteiger partial charge in [-0.05, 0) is 42.5 Å². The molecule has 1 amide bonds. The molecule has 2 aliphatic rings. The van der Waals surface area contributed by atoms with E-state index < -0.39 is 11.6 Å². The summed E-state index contributed by atoms with van der Waals surface area (Å²) in [6, 6.07) is 11.7. The Bertz CT molecular complexity index is 855. The summed E-state index contributed by atoms with van der Waals surface area (Å²) in [5.74, 6) is -0.527. The average molecular weight is 405 g/mol. The van der Waals surface area contributed by atoms with E-state index in [1.165, 1.54) is 18.2 Å². The van der Waals surface area contributed by atoms with Crippen LogP contribution in [0.3, 0.4) is 0 Å². The monoisotopic (exact) mass is 404 g/mol. The number of rotatable bonds is 4. The molecule has 2 aromatic carbocycles. The minimum absolute atomic E-state index is 0.126. The van der Waals surface area contributed by atoms with Gasteiger partial charge in [0.25, 0.3) is 0 Å². The maximum Gasteiger partial charge on any atom is 0.223 e. The number of benzene rings is 2. The number of amides is 1. The Labute approximate surface area is 168 Å². The van der Waals surface area contributed by atoms with Crippen molar-refractivity contribution in [1.29, 1.82) is 0 Å². The Kier molecular flexibility index (Phi) is 5.65. The van der Waals surface area contributed by atoms with E-state index in [2.05, 4.69) is 4.90 Å². The van der Waals surface area contributed by atoms with E-state index in [4.69, 9.17) is 11.6 Å². The number of fused-ring (bicyclic) bond motifs is 1. The summed E-state index contributed by atoms with van der Waals surface area (Å²) < 4.78 is 28.0. The molecule has 0 saturated carbocycles. The molecular formula is C22H23ClF2N2O. The molecule has 28 heavy (non-hydrogen) atoms. The van der Waals surface area contributed by atoms with Crippen molar-refractivity contribution in [3.05, 3.63) is 70.2 Å². The summed E-state index contributed by atoms with van der Waals surface area (Å²) >= 11 is 6.29. The van der Waals surface area contributed by atoms with Crippen LogP contribution in [-0.2, 0) is 17.9 Å². The predicted octanol–water partition coefficient (Wildman–Crippen LogP) is 4.63. The lowest BCUT2D eigenvalue weighted by Crippen LogP contribution is -2.55. The predicted molar refractivity (Wildman–Crippen MR) is 105 cm³/mol. The van der Waals surface area contributed by atoms with Crippen LogP contribution in [0.1, 0.15) is 30.4 Å². The zero-order valence-corrected chi connectivity index (χ0v) is 16.3. The Morgan fingerprint density at radius 1 is 1.00 bits per heavy atom. The van der Waals surface area contributed by atoms with E-state index in [0.717, 1.165) is 24.9 Å². The fourth-order valence-electron chi connectivity index (χ4n) is 4.49. The zero-order valence-electron chi connectivity index (χ0n) is 15.6. The molecule has 2 atom stereocenters. The molecule has 2 aromatic rings. The summed E-state index contributed by atoms with van der Waals surface area (Å²) in [5.41, 5.74) is 1.08. The molecule has 2 heterocycles. The number of nitrogens with zero attached hydrogens (tertiary/aromatic N) is 2. The van der Waals surface area contributed by atoms with Gasteiger partial charge in [0.1, 0.15) is 11.6 Å². The molecule has 0 aliphatic carbocycles. The second-order valence-corrected chi connectivity index (χ2v) is 8.11. The molecule has 0 N–H and O–H groups in total. The second-order valence-electron chi connectivity index (χ2n) is 7.70. The van der Waals surface area contributed by atoms with Gasteiger partial charge in [-0.1, -0.05) is 35.9 Å². The van der Waals surface area contributed by atoms with Gasteiger partial charge in [-0.3, -0.25) is 9.69 Å². The van der Waals surface area contributed by atoms with E-state index in [-0.39, 0.29) is 24.1 Å². The lowest BCUT2D eigenvalue weighted by molar-refractivity contribution is -0.142. The molecule has 0 aromatic heterocycles. The normalized spacial score (nSPS) is 23.0. The smallest absolute Gasteiger partial charge is 0.223 e. The Morgan fingerprint density at radius 3 is 2.50 bits per heavy atom. The minimum Gasteiger partial charge on any atom is -0.335 e. The quantitative estimate of drug-likeness (QED) is 0.741. The number of hydrogen-bond donors (Lipinski definition) is 0. The summed E-state index contributed by atoms with van der Waals surface area (Å²) in [6.07, 6.45) is 2.13. The maximum atomic E-state index is 14.0. The minimum atomic E-state index is -0.499. The van der Waals surface area contributed by atoms with Gasteiger partial charge in [0, 0.05) is 49.2 Å². The lowest BCUT2D eigenvalue weighted by atomic mass is 9.83. The molecule has 0 radical (unpaired) electrons. The van der Waals surface area contributed by atoms with Gasteiger partial charge >= 0.3 is 0 Å². The van der Waals surface area contributed by atoms with Crippen LogP contribution in [0, 0.1) is 17.6 Å². The van der Waals surface area contributed by atoms with Gasteiger partial charge in [0.05, 0.1) is 0 Å². The van der Waals surface area contributed by atoms with Crippen molar-refractivity contribution < 1.29 is 13.6 Å². The molecule has 2 fully saturated rings. The van der Waals surface area contributed by atoms with E-state index in [1.807, 2.05) is 29.2 Å². The molecule has 148 valence electrons. The van der Waals surface area contributed by atoms with Crippen LogP contribution in [0.15, 0.2) is 42.5 Å². The van der Waals surface area contributed by atoms with E-state index >= 15 is 0 Å². The van der Waals surface area contributed by atoms with E-state index in [1.54, 1.807) is 0 Å². The fraction of sp³-hybridized carbons (Fsp3) is 0.409. The van der Waals surface area contributed by atoms with E-state index in [9.17, 15) is 13.6 Å². The van der Waals surface area contributed by atoms with Crippen LogP contribution in [0.25, 0.3) is 0 Å². The van der Waals surface area contributed by atoms with Gasteiger partial charge in [0.15, 0.2) is 0 Å². The summed E-state index contributed by atoms with van der Waals surface area (Å²) in [6.45, 7) is 2.23. The first-order chi connectivity index (χ1) is 13.5. The first-order valence-electron chi connectivity index (χ1n) is 9.71. The third-order valence-electron chi connectivity index (χ3n) is 5.97. The first kappa shape index (κ1) is 19.3. The lowest BCUT2D eigenvalue weighted by Gasteiger charge is -2.47. The van der Waals surface area contributed by atoms with Crippen molar-refractivity contribution >= 4 is 17.5 Å². The van der Waals surface area contributed by atoms with Gasteiger partial charge in [-0.15, -0.1) is 0 Å². The Morgan fingerprint density at radius 2 is 1.75 bits per heavy atom. The number of halogens is 3. The molecule has 0 unspecified atom stereocenters. The summed E-state index contributed by atoms with van der Waals surface area (Å²) in [4.78, 5) is 16.7. The van der Waals surface area contributed by atoms with Crippen molar-refractivity contribution in [1.82, 2.24) is 9.80 Å². The van der Waals surface area contributed by atoms with Crippen molar-refractivity contribution in [2.24, 2.45) is 5.92 Å². The highest BCUT2D eigenvalue weighted by molar-refractivity contribution is 6.31. The van der Waals surface area contributed by atoms with Crippen LogP contribution in [0.4, 0.5) is 8.78 Å². The average Bonchev–Trinajstić information content (AvgIpc) is 2.68. The fourth-order valence-corrected chi connectivity index (χ4v) is 4.69. The van der Waals surface area contributed by atoms with E-state index in [0.29, 0.717) is 30.5 Å². The standard InChI is InChI=1S/C22H23ClF2N2O/c23-18-5-2-1-4-15(18)13-27-21-10-11-26(12-16(21)8-9-22(27)28)14-17-19(24)6-3-7-20(17)25/h1-7,16,21H,8-14H2/t16-,21+/m1/s1. The molecule has 3 nitrogen and oxygen atoms in total. The van der Waals surface area contributed by atoms with Crippen molar-refractivity contribution in [3.63, 3.8) is 0 Å². The number of piperidine rings is 2. The summed E-state index contributed by atoms with van der Waals surface area (Å²) in [5, 5.41) is 0.671. The van der Waals surface area contributed by atoms with Crippen LogP contribution >= 0.6 is 11.6 Å². The van der Waals surface area contributed by atoms with Gasteiger partial charge in [0.2, 0.25) is 5.91 Å². The van der Waals surface area contributed by atoms with Crippen LogP contribution in [-0.4, -0.2) is 34.8 Å². The number of carbonyl (C=O) groups is 1. The summed E-state index contributed by atoms with van der Waals surface area (Å²) in [7, 11) is 0. The highest BCUT2D eigenvalue weighted by atomic mass is 35.5. The first-order valence-corrected chi connectivity index (χ1v) is 10.1. The molecule has 6 heteroatoms. The van der Waals surface area contributed by atoms with Crippen LogP contribution in [0.5, 0.6) is 0 Å². The molecule has 0 spiro atoms. The maximum absolute atomic E-state index is 14.0. The van der Waals surface area contributed by atoms with Gasteiger partial charge in [-0.2, -0.15) is 0 Å². The van der Waals surface area contributed by atoms with Crippen molar-refractivity contribution in [3.8, 4) is 0 Å². The molecule has 2 saturated heterocycles. The second kappa shape index (κ2) is 8.18. The SMILES string of the molecule is O=C1CC[C@@H]2CN(Cc3c(F)cccc3F)CC[C@@H]2N1Cc1ccccc1Cl. The van der Waals surface area contributed by atoms with Gasteiger partial charge < -0.3 is 4.90 Å².